The molecule has 1 aromatic heterocycles. The Balaban J connectivity index is 2.46. The van der Waals surface area contributed by atoms with Gasteiger partial charge in [-0.25, -0.2) is 4.79 Å². The molecule has 8 nitrogen and oxygen atoms in total. The number of nitrogens with one attached hydrogen (secondary N) is 1. The zero-order valence-electron chi connectivity index (χ0n) is 25.2. The molecule has 1 fully saturated rings. The first-order valence-electron chi connectivity index (χ1n) is 13.9. The predicted molar refractivity (Wildman–Crippen MR) is 148 cm³/mol. The smallest absolute Gasteiger partial charge is 0.407 e. The van der Waals surface area contributed by atoms with Gasteiger partial charge in [-0.3, -0.25) is 9.78 Å². The zero-order valence-corrected chi connectivity index (χ0v) is 25.2. The van der Waals surface area contributed by atoms with Crippen LogP contribution in [0.1, 0.15) is 100 Å². The van der Waals surface area contributed by atoms with E-state index in [0.717, 1.165) is 37.4 Å². The van der Waals surface area contributed by atoms with E-state index in [2.05, 4.69) is 17.2 Å². The summed E-state index contributed by atoms with van der Waals surface area (Å²) < 4.78 is 24.0. The fraction of sp³-hybridized carbons (Fsp3) is 0.767. The minimum atomic E-state index is -1.47. The van der Waals surface area contributed by atoms with Crippen LogP contribution in [0.25, 0.3) is 0 Å². The maximum Gasteiger partial charge on any atom is 0.407 e. The molecule has 0 radical (unpaired) electrons. The highest BCUT2D eigenvalue weighted by molar-refractivity contribution is 5.87. The van der Waals surface area contributed by atoms with Gasteiger partial charge in [0.05, 0.1) is 12.1 Å². The lowest BCUT2D eigenvalue weighted by Crippen LogP contribution is -2.63. The number of methoxy groups -OCH3 is 1. The van der Waals surface area contributed by atoms with Gasteiger partial charge in [-0.05, 0) is 91.5 Å². The number of ketones is 1. The van der Waals surface area contributed by atoms with Crippen molar-refractivity contribution < 1.29 is 28.5 Å². The second kappa shape index (κ2) is 13.2. The molecule has 0 saturated heterocycles. The van der Waals surface area contributed by atoms with Crippen LogP contribution in [0.3, 0.4) is 0 Å². The topological polar surface area (TPSA) is 96.0 Å². The van der Waals surface area contributed by atoms with Gasteiger partial charge in [0.15, 0.2) is 17.2 Å². The van der Waals surface area contributed by atoms with Crippen LogP contribution in [0.5, 0.6) is 5.75 Å². The van der Waals surface area contributed by atoms with E-state index in [1.807, 2.05) is 26.0 Å². The van der Waals surface area contributed by atoms with Crippen LogP contribution in [0.15, 0.2) is 18.3 Å². The third kappa shape index (κ3) is 9.84. The summed E-state index contributed by atoms with van der Waals surface area (Å²) in [5.41, 5.74) is -1.53. The molecule has 0 aromatic carbocycles. The number of rotatable bonds is 12. The van der Waals surface area contributed by atoms with Crippen molar-refractivity contribution in [3.8, 4) is 5.75 Å². The first-order chi connectivity index (χ1) is 17.5. The number of hydrogen-bond donors (Lipinski definition) is 1. The lowest BCUT2D eigenvalue weighted by Gasteiger charge is -2.44. The predicted octanol–water partition coefficient (Wildman–Crippen LogP) is 6.25. The van der Waals surface area contributed by atoms with Crippen LogP contribution < -0.4 is 10.1 Å². The van der Waals surface area contributed by atoms with Crippen molar-refractivity contribution in [2.45, 2.75) is 130 Å². The summed E-state index contributed by atoms with van der Waals surface area (Å²) in [5.74, 6) is 0.260. The summed E-state index contributed by atoms with van der Waals surface area (Å²) in [6.45, 7) is 16.7. The Labute approximate surface area is 229 Å². The van der Waals surface area contributed by atoms with Crippen molar-refractivity contribution >= 4 is 11.9 Å². The van der Waals surface area contributed by atoms with Gasteiger partial charge in [0.25, 0.3) is 0 Å². The van der Waals surface area contributed by atoms with Crippen molar-refractivity contribution in [3.05, 3.63) is 24.0 Å². The highest BCUT2D eigenvalue weighted by Gasteiger charge is 2.50. The molecule has 0 unspecified atom stereocenters. The van der Waals surface area contributed by atoms with E-state index in [1.165, 1.54) is 14.0 Å². The SMILES string of the molecule is COC(C)(C)O[C@](Cc1cc(OC2CCC(C)CC2)ccn1)(C(C)=O)[C@@H](CC(C)C)NC(=O)OC(C)(C)C. The third-order valence-corrected chi connectivity index (χ3v) is 6.97. The van der Waals surface area contributed by atoms with E-state index >= 15 is 0 Å². The Morgan fingerprint density at radius 2 is 1.74 bits per heavy atom. The van der Waals surface area contributed by atoms with Crippen molar-refractivity contribution in [3.63, 3.8) is 0 Å². The minimum absolute atomic E-state index is 0.126. The van der Waals surface area contributed by atoms with Gasteiger partial charge in [0.1, 0.15) is 11.4 Å². The van der Waals surface area contributed by atoms with Crippen LogP contribution >= 0.6 is 0 Å². The Bertz CT molecular complexity index is 918. The Morgan fingerprint density at radius 3 is 2.26 bits per heavy atom. The van der Waals surface area contributed by atoms with Crippen LogP contribution in [-0.2, 0) is 25.4 Å². The maximum absolute atomic E-state index is 13.6. The van der Waals surface area contributed by atoms with Gasteiger partial charge >= 0.3 is 6.09 Å². The maximum atomic E-state index is 13.6. The number of carbonyl (C=O) groups is 2. The molecule has 0 aliphatic heterocycles. The fourth-order valence-electron chi connectivity index (χ4n) is 4.87. The highest BCUT2D eigenvalue weighted by atomic mass is 16.7. The van der Waals surface area contributed by atoms with E-state index < -0.39 is 29.1 Å². The van der Waals surface area contributed by atoms with Crippen LogP contribution in [-0.4, -0.2) is 53.1 Å². The van der Waals surface area contributed by atoms with Gasteiger partial charge in [-0.2, -0.15) is 0 Å². The van der Waals surface area contributed by atoms with Gasteiger partial charge in [-0.15, -0.1) is 0 Å². The van der Waals surface area contributed by atoms with Crippen LogP contribution in [0, 0.1) is 11.8 Å². The van der Waals surface area contributed by atoms with Gasteiger partial charge < -0.3 is 24.3 Å². The molecule has 0 spiro atoms. The molecule has 2 atom stereocenters. The monoisotopic (exact) mass is 534 g/mol. The Morgan fingerprint density at radius 1 is 1.11 bits per heavy atom. The molecule has 2 rings (SSSR count). The summed E-state index contributed by atoms with van der Waals surface area (Å²) in [7, 11) is 1.53. The molecule has 38 heavy (non-hydrogen) atoms. The summed E-state index contributed by atoms with van der Waals surface area (Å²) >= 11 is 0. The van der Waals surface area contributed by atoms with Crippen molar-refractivity contribution in [1.29, 1.82) is 0 Å². The number of aromatic nitrogens is 1. The first kappa shape index (κ1) is 32.0. The lowest BCUT2D eigenvalue weighted by atomic mass is 9.80. The molecule has 1 aliphatic carbocycles. The number of nitrogens with zero attached hydrogens (tertiary/aromatic N) is 1. The van der Waals surface area contributed by atoms with Gasteiger partial charge in [0, 0.05) is 31.5 Å². The molecule has 216 valence electrons. The average Bonchev–Trinajstić information content (AvgIpc) is 2.78. The third-order valence-electron chi connectivity index (χ3n) is 6.97. The van der Waals surface area contributed by atoms with E-state index in [9.17, 15) is 9.59 Å². The Hall–Kier alpha value is -2.19. The largest absolute Gasteiger partial charge is 0.490 e. The number of ether oxygens (including phenoxy) is 4. The normalized spacial score (nSPS) is 20.9. The second-order valence-corrected chi connectivity index (χ2v) is 12.6. The van der Waals surface area contributed by atoms with Crippen molar-refractivity contribution in [2.24, 2.45) is 11.8 Å². The van der Waals surface area contributed by atoms with E-state index in [0.29, 0.717) is 12.1 Å². The quantitative estimate of drug-likeness (QED) is 0.317. The van der Waals surface area contributed by atoms with E-state index in [-0.39, 0.29) is 24.2 Å². The van der Waals surface area contributed by atoms with Gasteiger partial charge in [-0.1, -0.05) is 20.8 Å². The molecule has 8 heteroatoms. The minimum Gasteiger partial charge on any atom is -0.490 e. The molecule has 1 aliphatic rings. The molecule has 1 amide bonds. The highest BCUT2D eigenvalue weighted by Crippen LogP contribution is 2.34. The molecular weight excluding hydrogens is 484 g/mol. The zero-order chi connectivity index (χ0) is 28.7. The first-order valence-corrected chi connectivity index (χ1v) is 13.9. The lowest BCUT2D eigenvalue weighted by molar-refractivity contribution is -0.260. The number of amides is 1. The van der Waals surface area contributed by atoms with Crippen molar-refractivity contribution in [1.82, 2.24) is 10.3 Å². The summed E-state index contributed by atoms with van der Waals surface area (Å²) in [6, 6.07) is 3.02. The average molecular weight is 535 g/mol. The molecular formula is C30H50N2O6. The van der Waals surface area contributed by atoms with Crippen LogP contribution in [0.4, 0.5) is 4.79 Å². The van der Waals surface area contributed by atoms with Gasteiger partial charge in [0.2, 0.25) is 0 Å². The molecule has 1 aromatic rings. The molecule has 1 heterocycles. The summed E-state index contributed by atoms with van der Waals surface area (Å²) in [4.78, 5) is 31.1. The summed E-state index contributed by atoms with van der Waals surface area (Å²) in [6.07, 6.45) is 6.23. The standard InChI is InChI=1S/C30H50N2O6/c1-20(2)17-26(32-27(34)37-28(5,6)7)30(22(4)33,38-29(8,9)35-10)19-23-18-25(15-16-31-23)36-24-13-11-21(3)12-14-24/h15-16,18,20-21,24,26H,11-14,17,19H2,1-10H3,(H,32,34)/t21?,24?,26-,30-/m1/s1. The Kier molecular flexibility index (Phi) is 11.2. The fourth-order valence-corrected chi connectivity index (χ4v) is 4.87. The number of hydrogen-bond acceptors (Lipinski definition) is 7. The number of pyridine rings is 1. The van der Waals surface area contributed by atoms with Crippen molar-refractivity contribution in [2.75, 3.05) is 7.11 Å². The van der Waals surface area contributed by atoms with E-state index in [4.69, 9.17) is 18.9 Å². The van der Waals surface area contributed by atoms with Crippen LogP contribution in [0.2, 0.25) is 0 Å². The number of alkyl carbamates (subject to hydrolysis) is 1. The molecule has 0 bridgehead atoms. The summed E-state index contributed by atoms with van der Waals surface area (Å²) in [5, 5.41) is 2.96. The molecule has 1 saturated carbocycles. The number of Topliss-reactive ketones (excluding diaryl/α,β-unsaturated/α-hetero) is 1. The molecule has 1 N–H and O–H groups in total. The number of carbonyl (C=O) groups excluding carboxylic acids is 2. The van der Waals surface area contributed by atoms with E-state index in [1.54, 1.807) is 40.8 Å². The second-order valence-electron chi connectivity index (χ2n) is 12.6.